The van der Waals surface area contributed by atoms with Crippen LogP contribution in [0.2, 0.25) is 0 Å². The molecule has 1 heterocycles. The maximum absolute atomic E-state index is 11.3. The minimum absolute atomic E-state index is 0.284. The maximum Gasteiger partial charge on any atom is 0.339 e. The fourth-order valence-corrected chi connectivity index (χ4v) is 2.05. The molecule has 2 N–H and O–H groups in total. The SMILES string of the molecule is CCC(CC)CNc1nc(C)cc(C)c1C(=O)O. The molecule has 1 aromatic rings. The van der Waals surface area contributed by atoms with Gasteiger partial charge in [0.1, 0.15) is 11.4 Å². The molecule has 0 saturated heterocycles. The van der Waals surface area contributed by atoms with Gasteiger partial charge < -0.3 is 10.4 Å². The van der Waals surface area contributed by atoms with Crippen molar-refractivity contribution >= 4 is 11.8 Å². The summed E-state index contributed by atoms with van der Waals surface area (Å²) in [7, 11) is 0. The van der Waals surface area contributed by atoms with E-state index >= 15 is 0 Å². The van der Waals surface area contributed by atoms with Gasteiger partial charge in [-0.1, -0.05) is 26.7 Å². The summed E-state index contributed by atoms with van der Waals surface area (Å²) in [6, 6.07) is 1.80. The monoisotopic (exact) mass is 250 g/mol. The van der Waals surface area contributed by atoms with Gasteiger partial charge in [0, 0.05) is 12.2 Å². The number of aryl methyl sites for hydroxylation is 2. The maximum atomic E-state index is 11.3. The molecule has 0 bridgehead atoms. The van der Waals surface area contributed by atoms with Gasteiger partial charge in [0.15, 0.2) is 0 Å². The molecule has 0 aliphatic heterocycles. The van der Waals surface area contributed by atoms with E-state index in [0.29, 0.717) is 11.7 Å². The summed E-state index contributed by atoms with van der Waals surface area (Å²) in [6.07, 6.45) is 2.16. The number of aromatic nitrogens is 1. The lowest BCUT2D eigenvalue weighted by molar-refractivity contribution is 0.0697. The summed E-state index contributed by atoms with van der Waals surface area (Å²) in [5, 5.41) is 12.4. The van der Waals surface area contributed by atoms with Crippen molar-refractivity contribution < 1.29 is 9.90 Å². The lowest BCUT2D eigenvalue weighted by Gasteiger charge is -2.16. The molecular weight excluding hydrogens is 228 g/mol. The van der Waals surface area contributed by atoms with E-state index in [4.69, 9.17) is 0 Å². The number of hydrogen-bond donors (Lipinski definition) is 2. The van der Waals surface area contributed by atoms with E-state index in [9.17, 15) is 9.90 Å². The summed E-state index contributed by atoms with van der Waals surface area (Å²) < 4.78 is 0. The van der Waals surface area contributed by atoms with Gasteiger partial charge in [-0.3, -0.25) is 0 Å². The van der Waals surface area contributed by atoms with Crippen LogP contribution in [0.25, 0.3) is 0 Å². The Balaban J connectivity index is 2.96. The molecule has 0 unspecified atom stereocenters. The lowest BCUT2D eigenvalue weighted by Crippen LogP contribution is -2.17. The molecule has 0 aromatic carbocycles. The Bertz CT molecular complexity index is 426. The zero-order chi connectivity index (χ0) is 13.7. The topological polar surface area (TPSA) is 62.2 Å². The molecule has 0 saturated carbocycles. The molecule has 1 aromatic heterocycles. The van der Waals surface area contributed by atoms with Crippen molar-refractivity contribution in [1.29, 1.82) is 0 Å². The van der Waals surface area contributed by atoms with Gasteiger partial charge in [-0.05, 0) is 31.4 Å². The van der Waals surface area contributed by atoms with Crippen molar-refractivity contribution in [2.45, 2.75) is 40.5 Å². The van der Waals surface area contributed by atoms with E-state index in [1.165, 1.54) is 0 Å². The lowest BCUT2D eigenvalue weighted by atomic mass is 10.0. The van der Waals surface area contributed by atoms with E-state index in [1.807, 2.05) is 6.92 Å². The highest BCUT2D eigenvalue weighted by Gasteiger charge is 2.16. The first-order valence-corrected chi connectivity index (χ1v) is 6.44. The van der Waals surface area contributed by atoms with Gasteiger partial charge in [0.2, 0.25) is 0 Å². The molecule has 0 aliphatic carbocycles. The summed E-state index contributed by atoms with van der Waals surface area (Å²) in [6.45, 7) is 8.73. The fourth-order valence-electron chi connectivity index (χ4n) is 2.05. The molecular formula is C14H22N2O2. The second-order valence-corrected chi connectivity index (χ2v) is 4.67. The van der Waals surface area contributed by atoms with E-state index < -0.39 is 5.97 Å². The second-order valence-electron chi connectivity index (χ2n) is 4.67. The van der Waals surface area contributed by atoms with Crippen LogP contribution in [0, 0.1) is 19.8 Å². The van der Waals surface area contributed by atoms with Gasteiger partial charge in [-0.15, -0.1) is 0 Å². The van der Waals surface area contributed by atoms with E-state index in [2.05, 4.69) is 24.1 Å². The van der Waals surface area contributed by atoms with E-state index in [1.54, 1.807) is 13.0 Å². The zero-order valence-corrected chi connectivity index (χ0v) is 11.6. The number of nitrogens with one attached hydrogen (secondary N) is 1. The molecule has 100 valence electrons. The Hall–Kier alpha value is -1.58. The second kappa shape index (κ2) is 6.38. The molecule has 0 fully saturated rings. The van der Waals surface area contributed by atoms with Gasteiger partial charge in [-0.2, -0.15) is 0 Å². The van der Waals surface area contributed by atoms with Crippen LogP contribution in [0.5, 0.6) is 0 Å². The predicted octanol–water partition coefficient (Wildman–Crippen LogP) is 3.24. The van der Waals surface area contributed by atoms with Crippen LogP contribution >= 0.6 is 0 Å². The molecule has 0 aliphatic rings. The van der Waals surface area contributed by atoms with Crippen LogP contribution < -0.4 is 5.32 Å². The van der Waals surface area contributed by atoms with Crippen LogP contribution in [0.4, 0.5) is 5.82 Å². The summed E-state index contributed by atoms with van der Waals surface area (Å²) >= 11 is 0. The molecule has 0 amide bonds. The minimum atomic E-state index is -0.924. The molecule has 1 rings (SSSR count). The van der Waals surface area contributed by atoms with Crippen molar-refractivity contribution in [1.82, 2.24) is 4.98 Å². The first kappa shape index (κ1) is 14.5. The Morgan fingerprint density at radius 2 is 2.00 bits per heavy atom. The summed E-state index contributed by atoms with van der Waals surface area (Å²) in [4.78, 5) is 15.6. The zero-order valence-electron chi connectivity index (χ0n) is 11.6. The van der Waals surface area contributed by atoms with Gasteiger partial charge in [-0.25, -0.2) is 9.78 Å². The highest BCUT2D eigenvalue weighted by molar-refractivity contribution is 5.94. The first-order valence-electron chi connectivity index (χ1n) is 6.44. The number of hydrogen-bond acceptors (Lipinski definition) is 3. The van der Waals surface area contributed by atoms with Crippen molar-refractivity contribution in [2.75, 3.05) is 11.9 Å². The average molecular weight is 250 g/mol. The molecule has 0 radical (unpaired) electrons. The molecule has 18 heavy (non-hydrogen) atoms. The Morgan fingerprint density at radius 3 is 2.50 bits per heavy atom. The number of carboxylic acids is 1. The highest BCUT2D eigenvalue weighted by Crippen LogP contribution is 2.19. The largest absolute Gasteiger partial charge is 0.478 e. The van der Waals surface area contributed by atoms with Gasteiger partial charge in [0.25, 0.3) is 0 Å². The molecule has 4 nitrogen and oxygen atoms in total. The van der Waals surface area contributed by atoms with Crippen LogP contribution in [0.1, 0.15) is 48.3 Å². The van der Waals surface area contributed by atoms with Crippen LogP contribution in [0.3, 0.4) is 0 Å². The highest BCUT2D eigenvalue weighted by atomic mass is 16.4. The molecule has 0 spiro atoms. The van der Waals surface area contributed by atoms with Crippen molar-refractivity contribution in [3.63, 3.8) is 0 Å². The third-order valence-corrected chi connectivity index (χ3v) is 3.27. The molecule has 4 heteroatoms. The third kappa shape index (κ3) is 3.45. The third-order valence-electron chi connectivity index (χ3n) is 3.27. The first-order chi connectivity index (χ1) is 8.49. The number of anilines is 1. The summed E-state index contributed by atoms with van der Waals surface area (Å²) in [5.74, 6) is 0.119. The van der Waals surface area contributed by atoms with E-state index in [-0.39, 0.29) is 5.56 Å². The number of pyridine rings is 1. The molecule has 0 atom stereocenters. The standard InChI is InChI=1S/C14H22N2O2/c1-5-11(6-2)8-15-13-12(14(17)18)9(3)7-10(4)16-13/h7,11H,5-6,8H2,1-4H3,(H,15,16)(H,17,18). The van der Waals surface area contributed by atoms with Crippen molar-refractivity contribution in [3.05, 3.63) is 22.9 Å². The summed E-state index contributed by atoms with van der Waals surface area (Å²) in [5.41, 5.74) is 1.87. The Labute approximate surface area is 108 Å². The number of nitrogens with zero attached hydrogens (tertiary/aromatic N) is 1. The minimum Gasteiger partial charge on any atom is -0.478 e. The Kier molecular flexibility index (Phi) is 5.13. The normalized spacial score (nSPS) is 10.7. The van der Waals surface area contributed by atoms with Crippen LogP contribution in [-0.4, -0.2) is 22.6 Å². The number of aromatic carboxylic acids is 1. The predicted molar refractivity (Wildman–Crippen MR) is 73.2 cm³/mol. The van der Waals surface area contributed by atoms with Gasteiger partial charge in [0.05, 0.1) is 0 Å². The number of carboxylic acid groups (broad SMARTS) is 1. The fraction of sp³-hybridized carbons (Fsp3) is 0.571. The quantitative estimate of drug-likeness (QED) is 0.813. The van der Waals surface area contributed by atoms with Crippen LogP contribution in [-0.2, 0) is 0 Å². The smallest absolute Gasteiger partial charge is 0.339 e. The van der Waals surface area contributed by atoms with Crippen molar-refractivity contribution in [2.24, 2.45) is 5.92 Å². The van der Waals surface area contributed by atoms with Gasteiger partial charge >= 0.3 is 5.97 Å². The average Bonchev–Trinajstić information content (AvgIpc) is 2.28. The van der Waals surface area contributed by atoms with E-state index in [0.717, 1.165) is 30.6 Å². The van der Waals surface area contributed by atoms with Crippen molar-refractivity contribution in [3.8, 4) is 0 Å². The Morgan fingerprint density at radius 1 is 1.39 bits per heavy atom. The van der Waals surface area contributed by atoms with Crippen LogP contribution in [0.15, 0.2) is 6.07 Å². The number of carbonyl (C=O) groups is 1. The number of rotatable bonds is 6.